The summed E-state index contributed by atoms with van der Waals surface area (Å²) in [5.74, 6) is 0.443. The summed E-state index contributed by atoms with van der Waals surface area (Å²) >= 11 is 0. The molecule has 2 rings (SSSR count). The first-order valence-corrected chi connectivity index (χ1v) is 6.47. The standard InChI is InChI=1S/C15H13N3O5/c1-8-4-9(11(7-16)15(19)17-8)10-5-13(22-2)14(23-3)6-12(10)18(20)21/h4-6H,1-3H3,(H,17,19). The number of nitrogens with zero attached hydrogens (tertiary/aromatic N) is 2. The van der Waals surface area contributed by atoms with Gasteiger partial charge >= 0.3 is 0 Å². The predicted octanol–water partition coefficient (Wildman–Crippen LogP) is 2.15. The molecule has 2 aromatic rings. The minimum atomic E-state index is -0.605. The van der Waals surface area contributed by atoms with Crippen LogP contribution in [0.3, 0.4) is 0 Å². The number of hydrogen-bond acceptors (Lipinski definition) is 6. The van der Waals surface area contributed by atoms with Gasteiger partial charge in [-0.15, -0.1) is 0 Å². The summed E-state index contributed by atoms with van der Waals surface area (Å²) in [6.45, 7) is 1.62. The molecule has 0 aliphatic rings. The third kappa shape index (κ3) is 2.85. The first kappa shape index (κ1) is 16.0. The Morgan fingerprint density at radius 2 is 1.78 bits per heavy atom. The minimum Gasteiger partial charge on any atom is -0.493 e. The van der Waals surface area contributed by atoms with Crippen LogP contribution in [-0.2, 0) is 0 Å². The van der Waals surface area contributed by atoms with E-state index in [1.165, 1.54) is 32.4 Å². The van der Waals surface area contributed by atoms with Gasteiger partial charge in [-0.25, -0.2) is 0 Å². The van der Waals surface area contributed by atoms with Gasteiger partial charge < -0.3 is 14.5 Å². The Hall–Kier alpha value is -3.34. The van der Waals surface area contributed by atoms with E-state index < -0.39 is 10.5 Å². The van der Waals surface area contributed by atoms with Crippen molar-refractivity contribution < 1.29 is 14.4 Å². The van der Waals surface area contributed by atoms with Crippen molar-refractivity contribution in [2.24, 2.45) is 0 Å². The van der Waals surface area contributed by atoms with E-state index in [-0.39, 0.29) is 33.9 Å². The van der Waals surface area contributed by atoms with Crippen LogP contribution < -0.4 is 15.0 Å². The lowest BCUT2D eigenvalue weighted by Gasteiger charge is -2.11. The van der Waals surface area contributed by atoms with Crippen LogP contribution in [0.25, 0.3) is 11.1 Å². The van der Waals surface area contributed by atoms with Crippen LogP contribution >= 0.6 is 0 Å². The lowest BCUT2D eigenvalue weighted by Crippen LogP contribution is -2.13. The fourth-order valence-corrected chi connectivity index (χ4v) is 2.25. The fraction of sp³-hybridized carbons (Fsp3) is 0.200. The van der Waals surface area contributed by atoms with Gasteiger partial charge in [-0.05, 0) is 19.1 Å². The Labute approximate surface area is 131 Å². The van der Waals surface area contributed by atoms with Crippen molar-refractivity contribution in [1.29, 1.82) is 5.26 Å². The van der Waals surface area contributed by atoms with Gasteiger partial charge in [0.1, 0.15) is 11.6 Å². The average molecular weight is 315 g/mol. The third-order valence-corrected chi connectivity index (χ3v) is 3.27. The molecule has 0 saturated heterocycles. The molecule has 0 bridgehead atoms. The highest BCUT2D eigenvalue weighted by molar-refractivity contribution is 5.80. The Balaban J connectivity index is 2.91. The number of ether oxygens (including phenoxy) is 2. The fourth-order valence-electron chi connectivity index (χ4n) is 2.25. The summed E-state index contributed by atoms with van der Waals surface area (Å²) in [6, 6.07) is 5.87. The Bertz CT molecular complexity index is 880. The van der Waals surface area contributed by atoms with Crippen molar-refractivity contribution in [3.8, 4) is 28.7 Å². The zero-order valence-corrected chi connectivity index (χ0v) is 12.7. The number of pyridine rings is 1. The van der Waals surface area contributed by atoms with Crippen molar-refractivity contribution in [3.63, 3.8) is 0 Å². The number of aryl methyl sites for hydroxylation is 1. The predicted molar refractivity (Wildman–Crippen MR) is 81.7 cm³/mol. The smallest absolute Gasteiger partial charge is 0.281 e. The molecular formula is C15H13N3O5. The van der Waals surface area contributed by atoms with Crippen molar-refractivity contribution >= 4 is 5.69 Å². The monoisotopic (exact) mass is 315 g/mol. The van der Waals surface area contributed by atoms with Crippen LogP contribution in [0.2, 0.25) is 0 Å². The summed E-state index contributed by atoms with van der Waals surface area (Å²) in [4.78, 5) is 25.2. The normalized spacial score (nSPS) is 10.0. The minimum absolute atomic E-state index is 0.110. The van der Waals surface area contributed by atoms with Crippen molar-refractivity contribution in [3.05, 3.63) is 49.9 Å². The van der Waals surface area contributed by atoms with E-state index in [1.54, 1.807) is 13.0 Å². The molecule has 0 saturated carbocycles. The van der Waals surface area contributed by atoms with Gasteiger partial charge in [0.2, 0.25) is 0 Å². The van der Waals surface area contributed by atoms with Gasteiger partial charge in [-0.1, -0.05) is 0 Å². The number of rotatable bonds is 4. The quantitative estimate of drug-likeness (QED) is 0.682. The molecule has 0 spiro atoms. The lowest BCUT2D eigenvalue weighted by atomic mass is 9.98. The maximum Gasteiger partial charge on any atom is 0.281 e. The second-order valence-electron chi connectivity index (χ2n) is 4.66. The second-order valence-corrected chi connectivity index (χ2v) is 4.66. The highest BCUT2D eigenvalue weighted by Crippen LogP contribution is 2.40. The molecule has 0 aliphatic carbocycles. The van der Waals surface area contributed by atoms with Gasteiger partial charge in [0.15, 0.2) is 11.5 Å². The van der Waals surface area contributed by atoms with E-state index in [9.17, 15) is 20.2 Å². The highest BCUT2D eigenvalue weighted by atomic mass is 16.6. The number of methoxy groups -OCH3 is 2. The Morgan fingerprint density at radius 3 is 2.30 bits per heavy atom. The molecular weight excluding hydrogens is 302 g/mol. The zero-order valence-electron chi connectivity index (χ0n) is 12.7. The first-order chi connectivity index (χ1) is 10.9. The summed E-state index contributed by atoms with van der Waals surface area (Å²) in [6.07, 6.45) is 0. The summed E-state index contributed by atoms with van der Waals surface area (Å²) in [5, 5.41) is 20.6. The molecule has 0 atom stereocenters. The van der Waals surface area contributed by atoms with Gasteiger partial charge in [0.25, 0.3) is 11.2 Å². The molecule has 0 radical (unpaired) electrons. The van der Waals surface area contributed by atoms with Gasteiger partial charge in [0.05, 0.1) is 30.8 Å². The Morgan fingerprint density at radius 1 is 1.17 bits per heavy atom. The van der Waals surface area contributed by atoms with Crippen LogP contribution in [0.1, 0.15) is 11.3 Å². The third-order valence-electron chi connectivity index (χ3n) is 3.27. The molecule has 0 fully saturated rings. The molecule has 1 aromatic carbocycles. The molecule has 0 aliphatic heterocycles. The highest BCUT2D eigenvalue weighted by Gasteiger charge is 2.24. The SMILES string of the molecule is COc1cc(-c2cc(C)[nH]c(=O)c2C#N)c([N+](=O)[O-])cc1OC. The molecule has 23 heavy (non-hydrogen) atoms. The number of benzene rings is 1. The molecule has 0 unspecified atom stereocenters. The molecule has 118 valence electrons. The maximum atomic E-state index is 11.9. The number of nitrogens with one attached hydrogen (secondary N) is 1. The van der Waals surface area contributed by atoms with Crippen molar-refractivity contribution in [1.82, 2.24) is 4.98 Å². The van der Waals surface area contributed by atoms with E-state index >= 15 is 0 Å². The zero-order chi connectivity index (χ0) is 17.1. The molecule has 1 N–H and O–H groups in total. The number of nitriles is 1. The maximum absolute atomic E-state index is 11.9. The molecule has 1 aromatic heterocycles. The van der Waals surface area contributed by atoms with E-state index in [0.717, 1.165) is 0 Å². The molecule has 8 nitrogen and oxygen atoms in total. The van der Waals surface area contributed by atoms with Crippen LogP contribution in [-0.4, -0.2) is 24.1 Å². The number of nitro benzene ring substituents is 1. The van der Waals surface area contributed by atoms with Crippen molar-refractivity contribution in [2.45, 2.75) is 6.92 Å². The van der Waals surface area contributed by atoms with Crippen molar-refractivity contribution in [2.75, 3.05) is 14.2 Å². The van der Waals surface area contributed by atoms with E-state index in [2.05, 4.69) is 4.98 Å². The number of nitro groups is 1. The topological polar surface area (TPSA) is 118 Å². The second kappa shape index (κ2) is 6.19. The van der Waals surface area contributed by atoms with Crippen LogP contribution in [0, 0.1) is 28.4 Å². The number of H-pyrrole nitrogens is 1. The van der Waals surface area contributed by atoms with Crippen LogP contribution in [0.5, 0.6) is 11.5 Å². The Kier molecular flexibility index (Phi) is 4.32. The summed E-state index contributed by atoms with van der Waals surface area (Å²) in [5.41, 5.74) is -0.338. The van der Waals surface area contributed by atoms with E-state index in [0.29, 0.717) is 5.69 Å². The molecule has 1 heterocycles. The lowest BCUT2D eigenvalue weighted by molar-refractivity contribution is -0.384. The molecule has 8 heteroatoms. The van der Waals surface area contributed by atoms with Gasteiger partial charge in [0, 0.05) is 11.3 Å². The van der Waals surface area contributed by atoms with E-state index in [4.69, 9.17) is 9.47 Å². The first-order valence-electron chi connectivity index (χ1n) is 6.47. The number of hydrogen-bond donors (Lipinski definition) is 1. The average Bonchev–Trinajstić information content (AvgIpc) is 2.52. The van der Waals surface area contributed by atoms with Gasteiger partial charge in [-0.3, -0.25) is 14.9 Å². The largest absolute Gasteiger partial charge is 0.493 e. The molecule has 0 amide bonds. The summed E-state index contributed by atoms with van der Waals surface area (Å²) in [7, 11) is 2.75. The van der Waals surface area contributed by atoms with Crippen LogP contribution in [0.15, 0.2) is 23.0 Å². The number of aromatic amines is 1. The number of aromatic nitrogens is 1. The van der Waals surface area contributed by atoms with Crippen LogP contribution in [0.4, 0.5) is 5.69 Å². The summed E-state index contributed by atoms with van der Waals surface area (Å²) < 4.78 is 10.2. The van der Waals surface area contributed by atoms with Gasteiger partial charge in [-0.2, -0.15) is 5.26 Å². The van der Waals surface area contributed by atoms with E-state index in [1.807, 2.05) is 0 Å².